The van der Waals surface area contributed by atoms with Crippen molar-refractivity contribution in [1.82, 2.24) is 10.9 Å². The Hall–Kier alpha value is -3.42. The number of amides is 2. The Kier molecular flexibility index (Phi) is 8.34. The van der Waals surface area contributed by atoms with Gasteiger partial charge in [-0.3, -0.25) is 20.4 Å². The van der Waals surface area contributed by atoms with Gasteiger partial charge in [0.05, 0.1) is 19.8 Å². The summed E-state index contributed by atoms with van der Waals surface area (Å²) in [6.07, 6.45) is 0. The van der Waals surface area contributed by atoms with Gasteiger partial charge in [0.15, 0.2) is 11.5 Å². The van der Waals surface area contributed by atoms with E-state index in [0.29, 0.717) is 42.6 Å². The smallest absolute Gasteiger partial charge is 0.269 e. The van der Waals surface area contributed by atoms with E-state index in [1.807, 2.05) is 45.8 Å². The lowest BCUT2D eigenvalue weighted by molar-refractivity contribution is 0.0846. The maximum Gasteiger partial charge on any atom is 0.269 e. The molecule has 0 heterocycles. The van der Waals surface area contributed by atoms with E-state index >= 15 is 0 Å². The fourth-order valence-corrected chi connectivity index (χ4v) is 2.70. The molecule has 162 valence electrons. The zero-order valence-corrected chi connectivity index (χ0v) is 18.1. The van der Waals surface area contributed by atoms with E-state index in [1.54, 1.807) is 30.3 Å². The van der Waals surface area contributed by atoms with Gasteiger partial charge < -0.3 is 19.1 Å². The molecule has 0 radical (unpaired) electrons. The lowest BCUT2D eigenvalue weighted by atomic mass is 10.1. The van der Waals surface area contributed by atoms with Gasteiger partial charge in [-0.15, -0.1) is 0 Å². The molecule has 0 aliphatic heterocycles. The molecule has 2 aromatic carbocycles. The highest BCUT2D eigenvalue weighted by molar-refractivity contribution is 6.00. The first-order valence-electron chi connectivity index (χ1n) is 9.85. The molecule has 2 amide bonds. The summed E-state index contributed by atoms with van der Waals surface area (Å²) < 4.78 is 16.9. The third-order valence-electron chi connectivity index (χ3n) is 4.09. The van der Waals surface area contributed by atoms with Gasteiger partial charge in [-0.1, -0.05) is 6.07 Å². The van der Waals surface area contributed by atoms with Crippen LogP contribution in [0.4, 0.5) is 5.69 Å². The van der Waals surface area contributed by atoms with Crippen molar-refractivity contribution < 1.29 is 23.8 Å². The Morgan fingerprint density at radius 3 is 1.83 bits per heavy atom. The minimum absolute atomic E-state index is 0.271. The summed E-state index contributed by atoms with van der Waals surface area (Å²) in [5.74, 6) is 0.327. The first-order chi connectivity index (χ1) is 14.4. The molecule has 0 spiro atoms. The van der Waals surface area contributed by atoms with Crippen LogP contribution in [0, 0.1) is 0 Å². The van der Waals surface area contributed by atoms with Crippen LogP contribution in [0.5, 0.6) is 17.2 Å². The molecule has 0 fully saturated rings. The van der Waals surface area contributed by atoms with Crippen LogP contribution in [-0.2, 0) is 0 Å². The van der Waals surface area contributed by atoms with Gasteiger partial charge in [-0.2, -0.15) is 0 Å². The Balaban J connectivity index is 2.19. The molecule has 0 aliphatic carbocycles. The molecule has 0 bridgehead atoms. The Morgan fingerprint density at radius 1 is 0.800 bits per heavy atom. The van der Waals surface area contributed by atoms with Crippen molar-refractivity contribution in [3.63, 3.8) is 0 Å². The molecule has 0 saturated carbocycles. The maximum absolute atomic E-state index is 12.7. The number of nitrogens with one attached hydrogen (secondary N) is 2. The number of nitrogens with zero attached hydrogens (tertiary/aromatic N) is 1. The normalized spacial score (nSPS) is 10.2. The Morgan fingerprint density at radius 2 is 1.33 bits per heavy atom. The van der Waals surface area contributed by atoms with Crippen molar-refractivity contribution in [1.29, 1.82) is 0 Å². The second-order valence-electron chi connectivity index (χ2n) is 6.45. The minimum atomic E-state index is -0.503. The molecule has 0 saturated heterocycles. The van der Waals surface area contributed by atoms with Crippen molar-refractivity contribution in [2.75, 3.05) is 38.8 Å². The SMILES string of the molecule is CCOc1cc(C(=O)NNC(=O)c2cccc(N(C)C)c2)cc(OCC)c1OCC. The highest BCUT2D eigenvalue weighted by Crippen LogP contribution is 2.39. The van der Waals surface area contributed by atoms with E-state index in [-0.39, 0.29) is 5.56 Å². The first kappa shape index (κ1) is 22.9. The van der Waals surface area contributed by atoms with Crippen molar-refractivity contribution in [2.24, 2.45) is 0 Å². The van der Waals surface area contributed by atoms with Crippen molar-refractivity contribution in [3.8, 4) is 17.2 Å². The van der Waals surface area contributed by atoms with Crippen LogP contribution in [0.15, 0.2) is 36.4 Å². The summed E-state index contributed by atoms with van der Waals surface area (Å²) in [6.45, 7) is 6.75. The van der Waals surface area contributed by atoms with E-state index < -0.39 is 11.8 Å². The maximum atomic E-state index is 12.7. The Bertz CT molecular complexity index is 856. The molecule has 0 aliphatic rings. The van der Waals surface area contributed by atoms with Crippen molar-refractivity contribution >= 4 is 17.5 Å². The topological polar surface area (TPSA) is 89.1 Å². The summed E-state index contributed by atoms with van der Waals surface area (Å²) in [5, 5.41) is 0. The summed E-state index contributed by atoms with van der Waals surface area (Å²) in [6, 6.07) is 10.2. The second-order valence-corrected chi connectivity index (χ2v) is 6.45. The fraction of sp³-hybridized carbons (Fsp3) is 0.364. The third kappa shape index (κ3) is 5.79. The van der Waals surface area contributed by atoms with E-state index in [1.165, 1.54) is 0 Å². The van der Waals surface area contributed by atoms with Crippen molar-refractivity contribution in [3.05, 3.63) is 47.5 Å². The second kappa shape index (κ2) is 10.9. The molecule has 30 heavy (non-hydrogen) atoms. The number of carbonyl (C=O) groups excluding carboxylic acids is 2. The lowest BCUT2D eigenvalue weighted by Crippen LogP contribution is -2.41. The molecular weight excluding hydrogens is 386 g/mol. The summed E-state index contributed by atoms with van der Waals surface area (Å²) >= 11 is 0. The van der Waals surface area contributed by atoms with Gasteiger partial charge in [0.2, 0.25) is 5.75 Å². The number of benzene rings is 2. The van der Waals surface area contributed by atoms with Gasteiger partial charge in [0, 0.05) is 30.9 Å². The van der Waals surface area contributed by atoms with Crippen LogP contribution >= 0.6 is 0 Å². The van der Waals surface area contributed by atoms with Crippen LogP contribution < -0.4 is 30.0 Å². The van der Waals surface area contributed by atoms with Gasteiger partial charge in [0.25, 0.3) is 11.8 Å². The van der Waals surface area contributed by atoms with Gasteiger partial charge >= 0.3 is 0 Å². The predicted octanol–water partition coefficient (Wildman–Crippen LogP) is 3.02. The molecular formula is C22H29N3O5. The number of hydrogen-bond acceptors (Lipinski definition) is 6. The molecule has 2 rings (SSSR count). The van der Waals surface area contributed by atoms with E-state index in [2.05, 4.69) is 10.9 Å². The lowest BCUT2D eigenvalue weighted by Gasteiger charge is -2.17. The zero-order valence-electron chi connectivity index (χ0n) is 18.1. The van der Waals surface area contributed by atoms with Gasteiger partial charge in [0.1, 0.15) is 0 Å². The quantitative estimate of drug-likeness (QED) is 0.612. The number of ether oxygens (including phenoxy) is 3. The van der Waals surface area contributed by atoms with Gasteiger partial charge in [-0.25, -0.2) is 0 Å². The Labute approximate surface area is 177 Å². The number of rotatable bonds is 9. The minimum Gasteiger partial charge on any atom is -0.490 e. The summed E-state index contributed by atoms with van der Waals surface area (Å²) in [7, 11) is 3.77. The van der Waals surface area contributed by atoms with Gasteiger partial charge in [-0.05, 0) is 51.1 Å². The van der Waals surface area contributed by atoms with E-state index in [0.717, 1.165) is 5.69 Å². The molecule has 8 nitrogen and oxygen atoms in total. The average Bonchev–Trinajstić information content (AvgIpc) is 2.74. The summed E-state index contributed by atoms with van der Waals surface area (Å²) in [4.78, 5) is 27.0. The highest BCUT2D eigenvalue weighted by atomic mass is 16.5. The monoisotopic (exact) mass is 415 g/mol. The molecule has 0 aromatic heterocycles. The molecule has 2 N–H and O–H groups in total. The number of hydrazine groups is 1. The van der Waals surface area contributed by atoms with Crippen LogP contribution in [0.1, 0.15) is 41.5 Å². The van der Waals surface area contributed by atoms with Crippen LogP contribution in [-0.4, -0.2) is 45.7 Å². The third-order valence-corrected chi connectivity index (χ3v) is 4.09. The van der Waals surface area contributed by atoms with Crippen LogP contribution in [0.25, 0.3) is 0 Å². The van der Waals surface area contributed by atoms with Crippen LogP contribution in [0.2, 0.25) is 0 Å². The van der Waals surface area contributed by atoms with Crippen molar-refractivity contribution in [2.45, 2.75) is 20.8 Å². The number of carbonyl (C=O) groups is 2. The average molecular weight is 415 g/mol. The largest absolute Gasteiger partial charge is 0.490 e. The standard InChI is InChI=1S/C22H29N3O5/c1-6-28-18-13-16(14-19(29-7-2)20(18)30-8-3)22(27)24-23-21(26)15-10-9-11-17(12-15)25(4)5/h9-14H,6-8H2,1-5H3,(H,23,26)(H,24,27). The summed E-state index contributed by atoms with van der Waals surface area (Å²) in [5.41, 5.74) is 6.45. The van der Waals surface area contributed by atoms with E-state index in [9.17, 15) is 9.59 Å². The molecule has 0 atom stereocenters. The van der Waals surface area contributed by atoms with E-state index in [4.69, 9.17) is 14.2 Å². The number of hydrogen-bond donors (Lipinski definition) is 2. The predicted molar refractivity (Wildman–Crippen MR) is 116 cm³/mol. The first-order valence-corrected chi connectivity index (χ1v) is 9.85. The molecule has 0 unspecified atom stereocenters. The zero-order chi connectivity index (χ0) is 22.1. The fourth-order valence-electron chi connectivity index (χ4n) is 2.70. The molecule has 2 aromatic rings. The van der Waals surface area contributed by atoms with Crippen LogP contribution in [0.3, 0.4) is 0 Å². The molecule has 8 heteroatoms. The number of anilines is 1. The highest BCUT2D eigenvalue weighted by Gasteiger charge is 2.19.